The fraction of sp³-hybridized carbons (Fsp3) is 0.650. The maximum Gasteiger partial charge on any atom is 0.271 e. The number of nitrogens with one attached hydrogen (secondary N) is 1. The second-order valence-corrected chi connectivity index (χ2v) is 11.2. The second-order valence-electron chi connectivity index (χ2n) is 9.34. The van der Waals surface area contributed by atoms with E-state index in [-0.39, 0.29) is 41.2 Å². The van der Waals surface area contributed by atoms with Crippen LogP contribution in [0.3, 0.4) is 0 Å². The number of rotatable bonds is 9. The third-order valence-electron chi connectivity index (χ3n) is 4.29. The van der Waals surface area contributed by atoms with Crippen molar-refractivity contribution in [3.63, 3.8) is 0 Å². The van der Waals surface area contributed by atoms with Gasteiger partial charge in [-0.25, -0.2) is 8.42 Å². The first kappa shape index (κ1) is 24.9. The molecule has 164 valence electrons. The topological polar surface area (TPSA) is 110 Å². The van der Waals surface area contributed by atoms with Gasteiger partial charge in [-0.2, -0.15) is 0 Å². The quantitative estimate of drug-likeness (QED) is 0.476. The summed E-state index contributed by atoms with van der Waals surface area (Å²) >= 11 is 0. The molecule has 1 rings (SSSR count). The summed E-state index contributed by atoms with van der Waals surface area (Å²) in [7, 11) is -3.66. The van der Waals surface area contributed by atoms with Crippen LogP contribution in [0.4, 0.5) is 11.4 Å². The van der Waals surface area contributed by atoms with E-state index in [9.17, 15) is 23.3 Å². The zero-order valence-electron chi connectivity index (χ0n) is 18.4. The van der Waals surface area contributed by atoms with Crippen molar-refractivity contribution in [1.29, 1.82) is 0 Å². The van der Waals surface area contributed by atoms with E-state index < -0.39 is 14.9 Å². The van der Waals surface area contributed by atoms with Crippen molar-refractivity contribution in [2.24, 2.45) is 5.41 Å². The second kappa shape index (κ2) is 9.11. The highest BCUT2D eigenvalue weighted by molar-refractivity contribution is 7.92. The molecule has 0 atom stereocenters. The van der Waals surface area contributed by atoms with E-state index >= 15 is 0 Å². The molecule has 0 bridgehead atoms. The Hall–Kier alpha value is -2.16. The van der Waals surface area contributed by atoms with Crippen molar-refractivity contribution in [1.82, 2.24) is 5.32 Å². The number of aryl methyl sites for hydroxylation is 1. The number of hydrogen-bond donors (Lipinski definition) is 1. The summed E-state index contributed by atoms with van der Waals surface area (Å²) in [5.41, 5.74) is 0.374. The highest BCUT2D eigenvalue weighted by Gasteiger charge is 2.27. The normalized spacial score (nSPS) is 12.5. The summed E-state index contributed by atoms with van der Waals surface area (Å²) in [5, 5.41) is 14.1. The number of benzene rings is 1. The van der Waals surface area contributed by atoms with Gasteiger partial charge >= 0.3 is 0 Å². The molecule has 9 heteroatoms. The van der Waals surface area contributed by atoms with Crippen LogP contribution in [0.2, 0.25) is 0 Å². The maximum atomic E-state index is 12.4. The predicted octanol–water partition coefficient (Wildman–Crippen LogP) is 3.78. The van der Waals surface area contributed by atoms with Gasteiger partial charge in [-0.15, -0.1) is 0 Å². The number of carbonyl (C=O) groups is 1. The molecule has 0 saturated carbocycles. The smallest absolute Gasteiger partial charge is 0.271 e. The molecule has 1 N–H and O–H groups in total. The first-order valence-corrected chi connectivity index (χ1v) is 11.4. The Bertz CT molecular complexity index is 857. The number of nitrogens with zero attached hydrogens (tertiary/aromatic N) is 2. The molecule has 0 fully saturated rings. The number of amides is 1. The van der Waals surface area contributed by atoms with E-state index in [1.54, 1.807) is 6.92 Å². The molecule has 1 aromatic rings. The standard InChI is InChI=1S/C20H33N3O5S/c1-15-10-11-16(23(25)26)13-17(15)22(29(7,27)28)12-8-9-18(24)21-20(5,6)14-19(2,3)4/h10-11,13H,8-9,12,14H2,1-7H3,(H,21,24). The van der Waals surface area contributed by atoms with Gasteiger partial charge in [0, 0.05) is 30.6 Å². The average Bonchev–Trinajstić information content (AvgIpc) is 2.48. The van der Waals surface area contributed by atoms with Crippen molar-refractivity contribution >= 4 is 27.3 Å². The maximum absolute atomic E-state index is 12.4. The van der Waals surface area contributed by atoms with E-state index in [1.807, 2.05) is 13.8 Å². The van der Waals surface area contributed by atoms with Crippen LogP contribution in [0.25, 0.3) is 0 Å². The van der Waals surface area contributed by atoms with Gasteiger partial charge in [-0.05, 0) is 44.6 Å². The summed E-state index contributed by atoms with van der Waals surface area (Å²) in [5.74, 6) is -0.150. The lowest BCUT2D eigenvalue weighted by Crippen LogP contribution is -2.46. The van der Waals surface area contributed by atoms with Gasteiger partial charge in [0.1, 0.15) is 0 Å². The summed E-state index contributed by atoms with van der Waals surface area (Å²) in [6.45, 7) is 12.0. The molecule has 0 saturated heterocycles. The number of sulfonamides is 1. The first-order chi connectivity index (χ1) is 13.0. The van der Waals surface area contributed by atoms with Crippen molar-refractivity contribution in [3.05, 3.63) is 33.9 Å². The van der Waals surface area contributed by atoms with Gasteiger partial charge in [0.25, 0.3) is 5.69 Å². The van der Waals surface area contributed by atoms with Crippen LogP contribution in [0.15, 0.2) is 18.2 Å². The minimum Gasteiger partial charge on any atom is -0.351 e. The molecule has 0 aliphatic heterocycles. The summed E-state index contributed by atoms with van der Waals surface area (Å²) in [6.07, 6.45) is 2.31. The monoisotopic (exact) mass is 427 g/mol. The lowest BCUT2D eigenvalue weighted by Gasteiger charge is -2.33. The van der Waals surface area contributed by atoms with Crippen LogP contribution in [-0.2, 0) is 14.8 Å². The predicted molar refractivity (Wildman–Crippen MR) is 116 cm³/mol. The minimum atomic E-state index is -3.66. The number of anilines is 1. The summed E-state index contributed by atoms with van der Waals surface area (Å²) < 4.78 is 25.7. The van der Waals surface area contributed by atoms with Crippen LogP contribution < -0.4 is 9.62 Å². The zero-order chi connectivity index (χ0) is 22.6. The Morgan fingerprint density at radius 3 is 2.28 bits per heavy atom. The van der Waals surface area contributed by atoms with Gasteiger partial charge in [0.05, 0.1) is 16.9 Å². The Balaban J connectivity index is 2.87. The molecular weight excluding hydrogens is 394 g/mol. The van der Waals surface area contributed by atoms with Gasteiger partial charge in [-0.3, -0.25) is 19.2 Å². The number of nitro groups is 1. The SMILES string of the molecule is Cc1ccc([N+](=O)[O-])cc1N(CCCC(=O)NC(C)(C)CC(C)(C)C)S(C)(=O)=O. The Morgan fingerprint density at radius 2 is 1.79 bits per heavy atom. The highest BCUT2D eigenvalue weighted by atomic mass is 32.2. The molecule has 8 nitrogen and oxygen atoms in total. The first-order valence-electron chi connectivity index (χ1n) is 9.56. The average molecular weight is 428 g/mol. The molecule has 0 heterocycles. The molecule has 0 aliphatic rings. The van der Waals surface area contributed by atoms with Gasteiger partial charge in [0.2, 0.25) is 15.9 Å². The van der Waals surface area contributed by atoms with Gasteiger partial charge in [0.15, 0.2) is 0 Å². The molecule has 0 aliphatic carbocycles. The van der Waals surface area contributed by atoms with Crippen molar-refractivity contribution < 1.29 is 18.1 Å². The lowest BCUT2D eigenvalue weighted by atomic mass is 9.82. The lowest BCUT2D eigenvalue weighted by molar-refractivity contribution is -0.384. The number of non-ortho nitro benzene ring substituents is 1. The Labute approximate surface area is 173 Å². The van der Waals surface area contributed by atoms with Crippen LogP contribution >= 0.6 is 0 Å². The molecule has 29 heavy (non-hydrogen) atoms. The van der Waals surface area contributed by atoms with Crippen LogP contribution in [0.5, 0.6) is 0 Å². The molecule has 1 amide bonds. The molecular formula is C20H33N3O5S. The summed E-state index contributed by atoms with van der Waals surface area (Å²) in [4.78, 5) is 22.8. The largest absolute Gasteiger partial charge is 0.351 e. The van der Waals surface area contributed by atoms with E-state index in [4.69, 9.17) is 0 Å². The van der Waals surface area contributed by atoms with E-state index in [2.05, 4.69) is 26.1 Å². The summed E-state index contributed by atoms with van der Waals surface area (Å²) in [6, 6.07) is 4.11. The van der Waals surface area contributed by atoms with Crippen LogP contribution in [-0.4, -0.2) is 37.6 Å². The van der Waals surface area contributed by atoms with Crippen LogP contribution in [0, 0.1) is 22.5 Å². The molecule has 1 aromatic carbocycles. The minimum absolute atomic E-state index is 0.0589. The van der Waals surface area contributed by atoms with E-state index in [0.717, 1.165) is 17.0 Å². The van der Waals surface area contributed by atoms with E-state index in [0.29, 0.717) is 12.0 Å². The van der Waals surface area contributed by atoms with E-state index in [1.165, 1.54) is 18.2 Å². The third-order valence-corrected chi connectivity index (χ3v) is 5.47. The van der Waals surface area contributed by atoms with Gasteiger partial charge in [-0.1, -0.05) is 26.8 Å². The van der Waals surface area contributed by atoms with Gasteiger partial charge < -0.3 is 5.32 Å². The van der Waals surface area contributed by atoms with Crippen LogP contribution in [0.1, 0.15) is 59.4 Å². The highest BCUT2D eigenvalue weighted by Crippen LogP contribution is 2.28. The zero-order valence-corrected chi connectivity index (χ0v) is 19.2. The van der Waals surface area contributed by atoms with Crippen molar-refractivity contribution in [3.8, 4) is 0 Å². The third kappa shape index (κ3) is 8.39. The fourth-order valence-electron chi connectivity index (χ4n) is 3.64. The molecule has 0 unspecified atom stereocenters. The Morgan fingerprint density at radius 1 is 1.21 bits per heavy atom. The molecule has 0 aromatic heterocycles. The van der Waals surface area contributed by atoms with Crippen molar-refractivity contribution in [2.75, 3.05) is 17.1 Å². The molecule has 0 spiro atoms. The molecule has 0 radical (unpaired) electrons. The number of carbonyl (C=O) groups excluding carboxylic acids is 1. The number of hydrogen-bond acceptors (Lipinski definition) is 5. The van der Waals surface area contributed by atoms with Crippen molar-refractivity contribution in [2.45, 2.75) is 66.3 Å². The number of nitro benzene ring substituents is 1. The fourth-order valence-corrected chi connectivity index (χ4v) is 4.65. The Kier molecular flexibility index (Phi) is 7.81.